The fourth-order valence-corrected chi connectivity index (χ4v) is 6.81. The number of carboxylic acid groups (broad SMARTS) is 1. The van der Waals surface area contributed by atoms with Crippen LogP contribution in [0.15, 0.2) is 0 Å². The zero-order valence-corrected chi connectivity index (χ0v) is 20.9. The summed E-state index contributed by atoms with van der Waals surface area (Å²) in [5.41, 5.74) is 0. The van der Waals surface area contributed by atoms with Crippen molar-refractivity contribution in [2.45, 2.75) is 121 Å². The first-order chi connectivity index (χ1) is 14.1. The van der Waals surface area contributed by atoms with E-state index in [1.807, 2.05) is 0 Å². The second-order valence-electron chi connectivity index (χ2n) is 8.27. The smallest absolute Gasteiger partial charge is 0.303 e. The van der Waals surface area contributed by atoms with Gasteiger partial charge in [0.15, 0.2) is 19.7 Å². The lowest BCUT2D eigenvalue weighted by Gasteiger charge is -2.21. The van der Waals surface area contributed by atoms with Crippen molar-refractivity contribution >= 4 is 25.6 Å². The van der Waals surface area contributed by atoms with Gasteiger partial charge in [0.2, 0.25) is 0 Å². The fraction of sp³-hybridized carbons (Fsp3) is 0.955. The van der Waals surface area contributed by atoms with E-state index < -0.39 is 36.1 Å². The van der Waals surface area contributed by atoms with Gasteiger partial charge >= 0.3 is 5.97 Å². The SMILES string of the molecule is CCCCCC(CCC(CCCCCCCCC(=O)O)S(=O)(=O)CC)S(=O)(=O)CC. The zero-order valence-electron chi connectivity index (χ0n) is 19.3. The number of carbonyl (C=O) groups is 1. The van der Waals surface area contributed by atoms with Gasteiger partial charge in [-0.2, -0.15) is 0 Å². The molecule has 0 spiro atoms. The van der Waals surface area contributed by atoms with E-state index >= 15 is 0 Å². The van der Waals surface area contributed by atoms with Crippen LogP contribution >= 0.6 is 0 Å². The van der Waals surface area contributed by atoms with Crippen molar-refractivity contribution in [2.24, 2.45) is 0 Å². The summed E-state index contributed by atoms with van der Waals surface area (Å²) in [6.07, 6.45) is 10.4. The minimum Gasteiger partial charge on any atom is -0.481 e. The van der Waals surface area contributed by atoms with Crippen LogP contribution in [0.4, 0.5) is 0 Å². The molecule has 180 valence electrons. The highest BCUT2D eigenvalue weighted by Crippen LogP contribution is 2.24. The number of hydrogen-bond donors (Lipinski definition) is 1. The molecule has 8 heteroatoms. The molecule has 6 nitrogen and oxygen atoms in total. The zero-order chi connectivity index (χ0) is 23.0. The van der Waals surface area contributed by atoms with Crippen molar-refractivity contribution in [3.05, 3.63) is 0 Å². The summed E-state index contributed by atoms with van der Waals surface area (Å²) in [4.78, 5) is 10.5. The van der Waals surface area contributed by atoms with E-state index in [0.29, 0.717) is 32.1 Å². The maximum Gasteiger partial charge on any atom is 0.303 e. The molecule has 0 bridgehead atoms. The minimum absolute atomic E-state index is 0.0912. The van der Waals surface area contributed by atoms with Gasteiger partial charge in [-0.25, -0.2) is 16.8 Å². The summed E-state index contributed by atoms with van der Waals surface area (Å²) in [5, 5.41) is 7.74. The largest absolute Gasteiger partial charge is 0.481 e. The van der Waals surface area contributed by atoms with Crippen molar-refractivity contribution in [3.8, 4) is 0 Å². The van der Waals surface area contributed by atoms with Crippen LogP contribution < -0.4 is 0 Å². The van der Waals surface area contributed by atoms with E-state index in [2.05, 4.69) is 6.92 Å². The molecule has 0 aliphatic carbocycles. The van der Waals surface area contributed by atoms with E-state index in [9.17, 15) is 21.6 Å². The summed E-state index contributed by atoms with van der Waals surface area (Å²) >= 11 is 0. The third-order valence-corrected chi connectivity index (χ3v) is 10.5. The number of carboxylic acids is 1. The molecular formula is C22H44O6S2. The average molecular weight is 469 g/mol. The lowest BCUT2D eigenvalue weighted by atomic mass is 10.0. The molecule has 0 fully saturated rings. The molecular weight excluding hydrogens is 424 g/mol. The van der Waals surface area contributed by atoms with Crippen LogP contribution in [0, 0.1) is 0 Å². The van der Waals surface area contributed by atoms with E-state index in [0.717, 1.165) is 51.4 Å². The quantitative estimate of drug-likeness (QED) is 0.247. The standard InChI is InChI=1S/C22H44O6S2/c1-4-7-12-15-20(29(25,26)5-2)18-19-21(30(27,28)6-3)16-13-10-8-9-11-14-17-22(23)24/h20-21H,4-19H2,1-3H3,(H,23,24). The van der Waals surface area contributed by atoms with Gasteiger partial charge in [-0.3, -0.25) is 4.79 Å². The molecule has 0 saturated heterocycles. The Morgan fingerprint density at radius 3 is 1.43 bits per heavy atom. The van der Waals surface area contributed by atoms with Crippen molar-refractivity contribution in [1.82, 2.24) is 0 Å². The van der Waals surface area contributed by atoms with E-state index in [-0.39, 0.29) is 17.9 Å². The molecule has 0 rings (SSSR count). The Hall–Kier alpha value is -0.630. The van der Waals surface area contributed by atoms with Gasteiger partial charge in [0.05, 0.1) is 10.5 Å². The maximum atomic E-state index is 12.6. The average Bonchev–Trinajstić information content (AvgIpc) is 2.70. The molecule has 30 heavy (non-hydrogen) atoms. The summed E-state index contributed by atoms with van der Waals surface area (Å²) in [5.74, 6) is -0.564. The third-order valence-electron chi connectivity index (χ3n) is 5.93. The molecule has 2 atom stereocenters. The highest BCUT2D eigenvalue weighted by Gasteiger charge is 2.28. The van der Waals surface area contributed by atoms with Crippen LogP contribution in [0.25, 0.3) is 0 Å². The van der Waals surface area contributed by atoms with Gasteiger partial charge in [0.25, 0.3) is 0 Å². The van der Waals surface area contributed by atoms with Gasteiger partial charge in [0.1, 0.15) is 0 Å². The van der Waals surface area contributed by atoms with E-state index in [1.165, 1.54) is 0 Å². The van der Waals surface area contributed by atoms with Crippen LogP contribution in [-0.4, -0.2) is 49.9 Å². The Kier molecular flexibility index (Phi) is 15.7. The predicted octanol–water partition coefficient (Wildman–Crippen LogP) is 5.16. The monoisotopic (exact) mass is 468 g/mol. The fourth-order valence-electron chi connectivity index (χ4n) is 3.83. The molecule has 2 unspecified atom stereocenters. The van der Waals surface area contributed by atoms with Crippen LogP contribution in [0.5, 0.6) is 0 Å². The molecule has 0 aromatic heterocycles. The highest BCUT2D eigenvalue weighted by atomic mass is 32.2. The number of unbranched alkanes of at least 4 members (excludes halogenated alkanes) is 7. The lowest BCUT2D eigenvalue weighted by Crippen LogP contribution is -2.28. The van der Waals surface area contributed by atoms with Gasteiger partial charge < -0.3 is 5.11 Å². The van der Waals surface area contributed by atoms with Gasteiger partial charge in [-0.1, -0.05) is 72.1 Å². The summed E-state index contributed by atoms with van der Waals surface area (Å²) in [7, 11) is -6.37. The molecule has 0 aliphatic rings. The molecule has 0 radical (unpaired) electrons. The number of rotatable bonds is 20. The molecule has 0 aliphatic heterocycles. The number of sulfone groups is 2. The summed E-state index contributed by atoms with van der Waals surface area (Å²) in [6.45, 7) is 5.41. The third kappa shape index (κ3) is 12.9. The first-order valence-corrected chi connectivity index (χ1v) is 15.2. The van der Waals surface area contributed by atoms with Crippen LogP contribution in [0.2, 0.25) is 0 Å². The van der Waals surface area contributed by atoms with Gasteiger partial charge in [0, 0.05) is 17.9 Å². The molecule has 0 amide bonds. The molecule has 0 heterocycles. The number of hydrogen-bond acceptors (Lipinski definition) is 5. The van der Waals surface area contributed by atoms with E-state index in [4.69, 9.17) is 5.11 Å². The second-order valence-corrected chi connectivity index (χ2v) is 13.4. The molecule has 0 aromatic rings. The van der Waals surface area contributed by atoms with Gasteiger partial charge in [-0.15, -0.1) is 0 Å². The number of aliphatic carboxylic acids is 1. The Bertz CT molecular complexity index is 655. The van der Waals surface area contributed by atoms with Crippen LogP contribution in [0.1, 0.15) is 111 Å². The Labute approximate surface area is 185 Å². The van der Waals surface area contributed by atoms with Crippen LogP contribution in [-0.2, 0) is 24.5 Å². The second kappa shape index (κ2) is 16.1. The first kappa shape index (κ1) is 29.4. The molecule has 1 N–H and O–H groups in total. The topological polar surface area (TPSA) is 106 Å². The van der Waals surface area contributed by atoms with Crippen molar-refractivity contribution in [3.63, 3.8) is 0 Å². The van der Waals surface area contributed by atoms with Gasteiger partial charge in [-0.05, 0) is 32.1 Å². The molecule has 0 aromatic carbocycles. The lowest BCUT2D eigenvalue weighted by molar-refractivity contribution is -0.137. The summed E-state index contributed by atoms with van der Waals surface area (Å²) < 4.78 is 50.0. The Balaban J connectivity index is 4.65. The minimum atomic E-state index is -3.20. The Morgan fingerprint density at radius 2 is 1.03 bits per heavy atom. The van der Waals surface area contributed by atoms with Crippen molar-refractivity contribution in [1.29, 1.82) is 0 Å². The van der Waals surface area contributed by atoms with E-state index in [1.54, 1.807) is 13.8 Å². The van der Waals surface area contributed by atoms with Crippen molar-refractivity contribution in [2.75, 3.05) is 11.5 Å². The summed E-state index contributed by atoms with van der Waals surface area (Å²) in [6, 6.07) is 0. The molecule has 0 saturated carbocycles. The first-order valence-electron chi connectivity index (χ1n) is 11.8. The normalized spacial score (nSPS) is 14.5. The Morgan fingerprint density at radius 1 is 0.633 bits per heavy atom. The predicted molar refractivity (Wildman–Crippen MR) is 124 cm³/mol. The highest BCUT2D eigenvalue weighted by molar-refractivity contribution is 7.92. The van der Waals surface area contributed by atoms with Crippen LogP contribution in [0.3, 0.4) is 0 Å². The van der Waals surface area contributed by atoms with Crippen molar-refractivity contribution < 1.29 is 26.7 Å². The maximum absolute atomic E-state index is 12.6.